The highest BCUT2D eigenvalue weighted by Crippen LogP contribution is 2.23. The maximum absolute atomic E-state index is 12.7. The molecule has 1 aliphatic heterocycles. The Kier molecular flexibility index (Phi) is 4.84. The van der Waals surface area contributed by atoms with E-state index in [-0.39, 0.29) is 0 Å². The third-order valence-electron chi connectivity index (χ3n) is 3.21. The zero-order chi connectivity index (χ0) is 13.9. The van der Waals surface area contributed by atoms with E-state index in [0.29, 0.717) is 37.1 Å². The molecule has 1 fully saturated rings. The van der Waals surface area contributed by atoms with Crippen molar-refractivity contribution in [3.8, 4) is 0 Å². The zero-order valence-electron chi connectivity index (χ0n) is 10.9. The van der Waals surface area contributed by atoms with Crippen molar-refractivity contribution in [2.45, 2.75) is 24.1 Å². The first-order chi connectivity index (χ1) is 9.05. The molecule has 0 bridgehead atoms. The Morgan fingerprint density at radius 1 is 1.32 bits per heavy atom. The molecule has 0 aliphatic carbocycles. The first-order valence-corrected chi connectivity index (χ1v) is 8.26. The lowest BCUT2D eigenvalue weighted by Crippen LogP contribution is -2.33. The molecule has 4 nitrogen and oxygen atoms in total. The summed E-state index contributed by atoms with van der Waals surface area (Å²) in [4.78, 5) is 0.354. The minimum absolute atomic E-state index is 0.311. The Morgan fingerprint density at radius 3 is 2.84 bits per heavy atom. The molecule has 2 rings (SSSR count). The van der Waals surface area contributed by atoms with Gasteiger partial charge in [-0.05, 0) is 30.5 Å². The van der Waals surface area contributed by atoms with Gasteiger partial charge in [-0.3, -0.25) is 0 Å². The maximum atomic E-state index is 12.7. The Labute approximate surface area is 119 Å². The minimum atomic E-state index is -3.45. The predicted octanol–water partition coefficient (Wildman–Crippen LogP) is 2.14. The van der Waals surface area contributed by atoms with Gasteiger partial charge in [0.15, 0.2) is 0 Å². The molecule has 106 valence electrons. The van der Waals surface area contributed by atoms with Crippen LogP contribution in [0.1, 0.15) is 17.5 Å². The number of halogens is 1. The van der Waals surface area contributed by atoms with Gasteiger partial charge in [-0.2, -0.15) is 4.31 Å². The number of hydrogen-bond donors (Lipinski definition) is 0. The van der Waals surface area contributed by atoms with Crippen molar-refractivity contribution in [1.29, 1.82) is 0 Å². The molecule has 0 radical (unpaired) electrons. The molecule has 1 aromatic rings. The first kappa shape index (κ1) is 14.8. The van der Waals surface area contributed by atoms with E-state index in [0.717, 1.165) is 17.5 Å². The molecule has 0 unspecified atom stereocenters. The molecule has 19 heavy (non-hydrogen) atoms. The SMILES string of the molecule is Cc1ccc(CCl)cc1S(=O)(=O)N1CCCOCC1. The monoisotopic (exact) mass is 303 g/mol. The minimum Gasteiger partial charge on any atom is -0.380 e. The third kappa shape index (κ3) is 3.28. The van der Waals surface area contributed by atoms with Crippen LogP contribution in [0.5, 0.6) is 0 Å². The van der Waals surface area contributed by atoms with E-state index in [9.17, 15) is 8.42 Å². The van der Waals surface area contributed by atoms with Gasteiger partial charge in [-0.15, -0.1) is 11.6 Å². The average molecular weight is 304 g/mol. The lowest BCUT2D eigenvalue weighted by atomic mass is 10.2. The van der Waals surface area contributed by atoms with E-state index >= 15 is 0 Å². The van der Waals surface area contributed by atoms with Crippen LogP contribution >= 0.6 is 11.6 Å². The summed E-state index contributed by atoms with van der Waals surface area (Å²) >= 11 is 5.78. The number of rotatable bonds is 3. The average Bonchev–Trinajstić information content (AvgIpc) is 2.68. The standard InChI is InChI=1S/C13H18ClNO3S/c1-11-3-4-12(10-14)9-13(11)19(16,17)15-5-2-7-18-8-6-15/h3-4,9H,2,5-8,10H2,1H3. The van der Waals surface area contributed by atoms with Crippen molar-refractivity contribution in [1.82, 2.24) is 4.31 Å². The fourth-order valence-corrected chi connectivity index (χ4v) is 4.01. The van der Waals surface area contributed by atoms with E-state index < -0.39 is 10.0 Å². The van der Waals surface area contributed by atoms with Gasteiger partial charge in [0.2, 0.25) is 10.0 Å². The van der Waals surface area contributed by atoms with Crippen LogP contribution in [-0.4, -0.2) is 39.0 Å². The van der Waals surface area contributed by atoms with Gasteiger partial charge in [0.05, 0.1) is 11.5 Å². The predicted molar refractivity (Wildman–Crippen MR) is 74.9 cm³/mol. The topological polar surface area (TPSA) is 46.6 Å². The molecule has 1 saturated heterocycles. The Bertz CT molecular complexity index is 537. The lowest BCUT2D eigenvalue weighted by molar-refractivity contribution is 0.148. The Balaban J connectivity index is 2.37. The van der Waals surface area contributed by atoms with Crippen LogP contribution < -0.4 is 0 Å². The van der Waals surface area contributed by atoms with Crippen molar-refractivity contribution in [3.63, 3.8) is 0 Å². The van der Waals surface area contributed by atoms with Crippen LogP contribution in [0, 0.1) is 6.92 Å². The molecule has 1 heterocycles. The number of nitrogens with zero attached hydrogens (tertiary/aromatic N) is 1. The van der Waals surface area contributed by atoms with Gasteiger partial charge >= 0.3 is 0 Å². The second-order valence-electron chi connectivity index (χ2n) is 4.60. The van der Waals surface area contributed by atoms with Gasteiger partial charge in [0.25, 0.3) is 0 Å². The van der Waals surface area contributed by atoms with Crippen molar-refractivity contribution in [2.75, 3.05) is 26.3 Å². The highest BCUT2D eigenvalue weighted by Gasteiger charge is 2.26. The number of aryl methyl sites for hydroxylation is 1. The zero-order valence-corrected chi connectivity index (χ0v) is 12.5. The molecule has 0 aromatic heterocycles. The molecule has 6 heteroatoms. The van der Waals surface area contributed by atoms with Gasteiger partial charge in [0.1, 0.15) is 0 Å². The second kappa shape index (κ2) is 6.22. The number of benzene rings is 1. The molecule has 1 aromatic carbocycles. The lowest BCUT2D eigenvalue weighted by Gasteiger charge is -2.20. The van der Waals surface area contributed by atoms with Crippen molar-refractivity contribution in [2.24, 2.45) is 0 Å². The summed E-state index contributed by atoms with van der Waals surface area (Å²) in [5, 5.41) is 0. The van der Waals surface area contributed by atoms with Crippen molar-refractivity contribution < 1.29 is 13.2 Å². The summed E-state index contributed by atoms with van der Waals surface area (Å²) in [5.41, 5.74) is 1.57. The number of ether oxygens (including phenoxy) is 1. The second-order valence-corrected chi connectivity index (χ2v) is 6.78. The summed E-state index contributed by atoms with van der Waals surface area (Å²) < 4.78 is 32.1. The quantitative estimate of drug-likeness (QED) is 0.804. The summed E-state index contributed by atoms with van der Waals surface area (Å²) in [6.45, 7) is 3.79. The molecule has 0 N–H and O–H groups in total. The molecule has 0 spiro atoms. The van der Waals surface area contributed by atoms with Gasteiger partial charge in [-0.1, -0.05) is 12.1 Å². The van der Waals surface area contributed by atoms with Crippen LogP contribution in [0.2, 0.25) is 0 Å². The fourth-order valence-electron chi connectivity index (χ4n) is 2.11. The van der Waals surface area contributed by atoms with Gasteiger partial charge in [-0.25, -0.2) is 8.42 Å². The molecule has 0 atom stereocenters. The van der Waals surface area contributed by atoms with E-state index in [2.05, 4.69) is 0 Å². The smallest absolute Gasteiger partial charge is 0.243 e. The first-order valence-electron chi connectivity index (χ1n) is 6.29. The van der Waals surface area contributed by atoms with E-state index in [1.54, 1.807) is 19.1 Å². The van der Waals surface area contributed by atoms with Crippen molar-refractivity contribution in [3.05, 3.63) is 29.3 Å². The van der Waals surface area contributed by atoms with Crippen LogP contribution in [0.4, 0.5) is 0 Å². The van der Waals surface area contributed by atoms with E-state index in [1.807, 2.05) is 6.07 Å². The largest absolute Gasteiger partial charge is 0.380 e. The van der Waals surface area contributed by atoms with Crippen LogP contribution in [0.25, 0.3) is 0 Å². The highest BCUT2D eigenvalue weighted by molar-refractivity contribution is 7.89. The molecule has 1 aliphatic rings. The molecular formula is C13H18ClNO3S. The van der Waals surface area contributed by atoms with E-state index in [1.165, 1.54) is 4.31 Å². The Morgan fingerprint density at radius 2 is 2.11 bits per heavy atom. The van der Waals surface area contributed by atoms with Crippen molar-refractivity contribution >= 4 is 21.6 Å². The number of sulfonamides is 1. The normalized spacial score (nSPS) is 18.2. The number of alkyl halides is 1. The third-order valence-corrected chi connectivity index (χ3v) is 5.56. The summed E-state index contributed by atoms with van der Waals surface area (Å²) in [5.74, 6) is 0.311. The van der Waals surface area contributed by atoms with Crippen LogP contribution in [0.15, 0.2) is 23.1 Å². The van der Waals surface area contributed by atoms with E-state index in [4.69, 9.17) is 16.3 Å². The molecule has 0 saturated carbocycles. The van der Waals surface area contributed by atoms with Gasteiger partial charge < -0.3 is 4.74 Å². The maximum Gasteiger partial charge on any atom is 0.243 e. The fraction of sp³-hybridized carbons (Fsp3) is 0.538. The van der Waals surface area contributed by atoms with Crippen LogP contribution in [0.3, 0.4) is 0 Å². The highest BCUT2D eigenvalue weighted by atomic mass is 35.5. The van der Waals surface area contributed by atoms with Crippen LogP contribution in [-0.2, 0) is 20.6 Å². The Hall–Kier alpha value is -0.620. The molecular weight excluding hydrogens is 286 g/mol. The summed E-state index contributed by atoms with van der Waals surface area (Å²) in [6, 6.07) is 5.33. The molecule has 0 amide bonds. The summed E-state index contributed by atoms with van der Waals surface area (Å²) in [7, 11) is -3.45. The summed E-state index contributed by atoms with van der Waals surface area (Å²) in [6.07, 6.45) is 0.730. The van der Waals surface area contributed by atoms with Gasteiger partial charge in [0, 0.05) is 25.6 Å². The number of hydrogen-bond acceptors (Lipinski definition) is 3.